The number of benzene rings is 2. The maximum atomic E-state index is 12.2. The summed E-state index contributed by atoms with van der Waals surface area (Å²) in [5, 5.41) is 10.9. The van der Waals surface area contributed by atoms with Crippen LogP contribution in [0.5, 0.6) is 11.5 Å². The summed E-state index contributed by atoms with van der Waals surface area (Å²) in [5.74, 6) is 2.07. The molecule has 0 radical (unpaired) electrons. The molecule has 1 aromatic heterocycles. The minimum atomic E-state index is -0.147. The number of hydrogen-bond acceptors (Lipinski definition) is 6. The number of carbonyl (C=O) groups is 1. The molecule has 140 valence electrons. The third kappa shape index (κ3) is 4.84. The molecule has 0 unspecified atom stereocenters. The molecule has 1 N–H and O–H groups in total. The van der Waals surface area contributed by atoms with Crippen LogP contribution >= 0.6 is 0 Å². The molecule has 1 heterocycles. The first-order valence-corrected chi connectivity index (χ1v) is 8.68. The standard InChI is InChI=1S/C20H21N3O4/c1-3-26-17-7-5-4-6-16(17)21-18(24)12-13-19-22-23-20(27-19)14-8-10-15(25-2)11-9-14/h4-11H,3,12-13H2,1-2H3,(H,21,24). The quantitative estimate of drug-likeness (QED) is 0.653. The first kappa shape index (κ1) is 18.4. The zero-order valence-electron chi connectivity index (χ0n) is 15.3. The van der Waals surface area contributed by atoms with Gasteiger partial charge in [-0.2, -0.15) is 0 Å². The maximum Gasteiger partial charge on any atom is 0.247 e. The van der Waals surface area contributed by atoms with Gasteiger partial charge in [0.15, 0.2) is 0 Å². The van der Waals surface area contributed by atoms with Crippen molar-refractivity contribution < 1.29 is 18.7 Å². The molecule has 0 bridgehead atoms. The second kappa shape index (κ2) is 8.84. The van der Waals surface area contributed by atoms with E-state index in [4.69, 9.17) is 13.9 Å². The molecule has 3 aromatic rings. The van der Waals surface area contributed by atoms with Gasteiger partial charge in [-0.15, -0.1) is 10.2 Å². The predicted molar refractivity (Wildman–Crippen MR) is 101 cm³/mol. The van der Waals surface area contributed by atoms with Crippen LogP contribution in [0.2, 0.25) is 0 Å². The minimum absolute atomic E-state index is 0.147. The highest BCUT2D eigenvalue weighted by molar-refractivity contribution is 5.92. The number of aryl methyl sites for hydroxylation is 1. The molecular weight excluding hydrogens is 346 g/mol. The highest BCUT2D eigenvalue weighted by Crippen LogP contribution is 2.24. The van der Waals surface area contributed by atoms with Gasteiger partial charge >= 0.3 is 0 Å². The van der Waals surface area contributed by atoms with E-state index in [1.54, 1.807) is 13.2 Å². The number of hydrogen-bond donors (Lipinski definition) is 1. The van der Waals surface area contributed by atoms with E-state index in [2.05, 4.69) is 15.5 Å². The Morgan fingerprint density at radius 2 is 1.89 bits per heavy atom. The third-order valence-corrected chi connectivity index (χ3v) is 3.83. The van der Waals surface area contributed by atoms with Crippen LogP contribution in [0, 0.1) is 0 Å². The third-order valence-electron chi connectivity index (χ3n) is 3.83. The van der Waals surface area contributed by atoms with Crippen LogP contribution in [-0.2, 0) is 11.2 Å². The van der Waals surface area contributed by atoms with E-state index in [0.717, 1.165) is 11.3 Å². The largest absolute Gasteiger partial charge is 0.497 e. The molecule has 0 aliphatic carbocycles. The lowest BCUT2D eigenvalue weighted by atomic mass is 10.2. The zero-order valence-corrected chi connectivity index (χ0v) is 15.3. The smallest absolute Gasteiger partial charge is 0.247 e. The van der Waals surface area contributed by atoms with Crippen LogP contribution < -0.4 is 14.8 Å². The Labute approximate surface area is 157 Å². The molecule has 27 heavy (non-hydrogen) atoms. The molecule has 0 fully saturated rings. The number of carbonyl (C=O) groups excluding carboxylic acids is 1. The highest BCUT2D eigenvalue weighted by atomic mass is 16.5. The number of ether oxygens (including phenoxy) is 2. The van der Waals surface area contributed by atoms with Gasteiger partial charge in [0, 0.05) is 18.4 Å². The van der Waals surface area contributed by atoms with Crippen molar-refractivity contribution in [1.29, 1.82) is 0 Å². The first-order chi connectivity index (χ1) is 13.2. The van der Waals surface area contributed by atoms with Crippen LogP contribution in [0.4, 0.5) is 5.69 Å². The Morgan fingerprint density at radius 3 is 2.63 bits per heavy atom. The van der Waals surface area contributed by atoms with Crippen molar-refractivity contribution in [3.63, 3.8) is 0 Å². The van der Waals surface area contributed by atoms with Crippen molar-refractivity contribution in [1.82, 2.24) is 10.2 Å². The van der Waals surface area contributed by atoms with E-state index in [1.807, 2.05) is 49.4 Å². The molecule has 7 nitrogen and oxygen atoms in total. The van der Waals surface area contributed by atoms with Crippen molar-refractivity contribution in [3.8, 4) is 23.0 Å². The van der Waals surface area contributed by atoms with Crippen LogP contribution in [0.1, 0.15) is 19.2 Å². The van der Waals surface area contributed by atoms with Crippen molar-refractivity contribution in [2.45, 2.75) is 19.8 Å². The maximum absolute atomic E-state index is 12.2. The lowest BCUT2D eigenvalue weighted by Crippen LogP contribution is -2.13. The van der Waals surface area contributed by atoms with Gasteiger partial charge in [0.05, 0.1) is 19.4 Å². The lowest BCUT2D eigenvalue weighted by Gasteiger charge is -2.10. The van der Waals surface area contributed by atoms with Crippen molar-refractivity contribution in [2.75, 3.05) is 19.0 Å². The van der Waals surface area contributed by atoms with Crippen molar-refractivity contribution in [2.24, 2.45) is 0 Å². The molecule has 0 saturated heterocycles. The second-order valence-electron chi connectivity index (χ2n) is 5.71. The fourth-order valence-electron chi connectivity index (χ4n) is 2.49. The van der Waals surface area contributed by atoms with E-state index in [-0.39, 0.29) is 12.3 Å². The Hall–Kier alpha value is -3.35. The SMILES string of the molecule is CCOc1ccccc1NC(=O)CCc1nnc(-c2ccc(OC)cc2)o1. The molecule has 0 saturated carbocycles. The predicted octanol–water partition coefficient (Wildman–Crippen LogP) is 3.72. The number of nitrogens with one attached hydrogen (secondary N) is 1. The normalized spacial score (nSPS) is 10.4. The van der Waals surface area contributed by atoms with Gasteiger partial charge < -0.3 is 19.2 Å². The number of nitrogens with zero attached hydrogens (tertiary/aromatic N) is 2. The van der Waals surface area contributed by atoms with Gasteiger partial charge in [0.2, 0.25) is 17.7 Å². The van der Waals surface area contributed by atoms with Crippen LogP contribution in [-0.4, -0.2) is 29.8 Å². The van der Waals surface area contributed by atoms with Gasteiger partial charge in [-0.1, -0.05) is 12.1 Å². The Morgan fingerprint density at radius 1 is 1.11 bits per heavy atom. The molecule has 0 aliphatic rings. The minimum Gasteiger partial charge on any atom is -0.497 e. The molecule has 7 heteroatoms. The van der Waals surface area contributed by atoms with Crippen LogP contribution in [0.25, 0.3) is 11.5 Å². The fourth-order valence-corrected chi connectivity index (χ4v) is 2.49. The summed E-state index contributed by atoms with van der Waals surface area (Å²) in [5.41, 5.74) is 1.44. The number of para-hydroxylation sites is 2. The number of amides is 1. The molecular formula is C20H21N3O4. The number of anilines is 1. The van der Waals surface area contributed by atoms with Crippen LogP contribution in [0.3, 0.4) is 0 Å². The molecule has 0 aliphatic heterocycles. The monoisotopic (exact) mass is 367 g/mol. The molecule has 1 amide bonds. The summed E-state index contributed by atoms with van der Waals surface area (Å²) >= 11 is 0. The summed E-state index contributed by atoms with van der Waals surface area (Å²) in [6.07, 6.45) is 0.580. The molecule has 0 atom stereocenters. The summed E-state index contributed by atoms with van der Waals surface area (Å²) < 4.78 is 16.3. The fraction of sp³-hybridized carbons (Fsp3) is 0.250. The summed E-state index contributed by atoms with van der Waals surface area (Å²) in [6, 6.07) is 14.7. The number of methoxy groups -OCH3 is 1. The van der Waals surface area contributed by atoms with Gasteiger partial charge in [0.1, 0.15) is 11.5 Å². The van der Waals surface area contributed by atoms with E-state index in [9.17, 15) is 4.79 Å². The topological polar surface area (TPSA) is 86.5 Å². The molecule has 0 spiro atoms. The Kier molecular flexibility index (Phi) is 6.04. The van der Waals surface area contributed by atoms with E-state index >= 15 is 0 Å². The van der Waals surface area contributed by atoms with E-state index < -0.39 is 0 Å². The van der Waals surface area contributed by atoms with E-state index in [0.29, 0.717) is 36.2 Å². The van der Waals surface area contributed by atoms with Gasteiger partial charge in [-0.25, -0.2) is 0 Å². The summed E-state index contributed by atoms with van der Waals surface area (Å²) in [4.78, 5) is 12.2. The lowest BCUT2D eigenvalue weighted by molar-refractivity contribution is -0.116. The number of rotatable bonds is 8. The summed E-state index contributed by atoms with van der Waals surface area (Å²) in [7, 11) is 1.61. The first-order valence-electron chi connectivity index (χ1n) is 8.68. The average molecular weight is 367 g/mol. The Bertz CT molecular complexity index is 890. The van der Waals surface area contributed by atoms with Crippen molar-refractivity contribution in [3.05, 3.63) is 54.4 Å². The van der Waals surface area contributed by atoms with Gasteiger partial charge in [0.25, 0.3) is 0 Å². The van der Waals surface area contributed by atoms with Crippen molar-refractivity contribution >= 4 is 11.6 Å². The average Bonchev–Trinajstić information content (AvgIpc) is 3.17. The van der Waals surface area contributed by atoms with Gasteiger partial charge in [-0.05, 0) is 43.3 Å². The second-order valence-corrected chi connectivity index (χ2v) is 5.71. The van der Waals surface area contributed by atoms with Crippen LogP contribution in [0.15, 0.2) is 52.9 Å². The van der Waals surface area contributed by atoms with Gasteiger partial charge in [-0.3, -0.25) is 4.79 Å². The molecule has 2 aromatic carbocycles. The number of aromatic nitrogens is 2. The molecule has 3 rings (SSSR count). The van der Waals surface area contributed by atoms with E-state index in [1.165, 1.54) is 0 Å². The highest BCUT2D eigenvalue weighted by Gasteiger charge is 2.12. The Balaban J connectivity index is 1.57. The zero-order chi connectivity index (χ0) is 19.1. The summed E-state index contributed by atoms with van der Waals surface area (Å²) in [6.45, 7) is 2.43.